The topological polar surface area (TPSA) is 24.9 Å². The molecule has 0 fully saturated rings. The second-order valence-electron chi connectivity index (χ2n) is 4.54. The minimum Gasteiger partial charge on any atom is -0.309 e. The van der Waals surface area contributed by atoms with Crippen molar-refractivity contribution in [2.75, 3.05) is 6.54 Å². The van der Waals surface area contributed by atoms with Gasteiger partial charge in [0.25, 0.3) is 0 Å². The van der Waals surface area contributed by atoms with Crippen LogP contribution in [0.1, 0.15) is 40.5 Å². The van der Waals surface area contributed by atoms with Gasteiger partial charge in [0, 0.05) is 22.7 Å². The highest BCUT2D eigenvalue weighted by Gasteiger charge is 2.16. The molecular formula is C14H20N2S2. The second kappa shape index (κ2) is 6.45. The Balaban J connectivity index is 2.12. The minimum atomic E-state index is 0.409. The van der Waals surface area contributed by atoms with Gasteiger partial charge in [0.2, 0.25) is 0 Å². The van der Waals surface area contributed by atoms with E-state index in [9.17, 15) is 0 Å². The van der Waals surface area contributed by atoms with E-state index < -0.39 is 0 Å². The minimum absolute atomic E-state index is 0.409. The van der Waals surface area contributed by atoms with Gasteiger partial charge in [-0.2, -0.15) is 0 Å². The molecule has 0 aliphatic carbocycles. The first-order valence-electron chi connectivity index (χ1n) is 6.39. The van der Waals surface area contributed by atoms with Crippen LogP contribution < -0.4 is 5.32 Å². The maximum Gasteiger partial charge on any atom is 0.0897 e. The number of thiazole rings is 1. The standard InChI is InChI=1S/C14H20N2S2/c1-4-6-15-13(14-10(2)5-7-17-14)8-12-9-18-11(3)16-12/h5,7,9,13,15H,4,6,8H2,1-3H3. The molecule has 1 atom stereocenters. The molecule has 0 aromatic carbocycles. The highest BCUT2D eigenvalue weighted by atomic mass is 32.1. The number of rotatable bonds is 6. The van der Waals surface area contributed by atoms with Crippen molar-refractivity contribution in [2.24, 2.45) is 0 Å². The third-order valence-electron chi connectivity index (χ3n) is 2.94. The average molecular weight is 280 g/mol. The summed E-state index contributed by atoms with van der Waals surface area (Å²) < 4.78 is 0. The first-order chi connectivity index (χ1) is 8.70. The van der Waals surface area contributed by atoms with E-state index in [0.29, 0.717) is 6.04 Å². The van der Waals surface area contributed by atoms with Crippen molar-refractivity contribution in [3.8, 4) is 0 Å². The number of thiophene rings is 1. The Hall–Kier alpha value is -0.710. The lowest BCUT2D eigenvalue weighted by molar-refractivity contribution is 0.530. The van der Waals surface area contributed by atoms with Crippen LogP contribution in [0, 0.1) is 13.8 Å². The van der Waals surface area contributed by atoms with Crippen LogP contribution in [0.2, 0.25) is 0 Å². The molecule has 2 rings (SSSR count). The van der Waals surface area contributed by atoms with Crippen LogP contribution in [0.3, 0.4) is 0 Å². The van der Waals surface area contributed by atoms with Crippen LogP contribution in [0.25, 0.3) is 0 Å². The van der Waals surface area contributed by atoms with Gasteiger partial charge >= 0.3 is 0 Å². The number of hydrogen-bond donors (Lipinski definition) is 1. The maximum absolute atomic E-state index is 4.58. The highest BCUT2D eigenvalue weighted by molar-refractivity contribution is 7.10. The van der Waals surface area contributed by atoms with E-state index >= 15 is 0 Å². The molecule has 0 amide bonds. The van der Waals surface area contributed by atoms with Gasteiger partial charge in [0.15, 0.2) is 0 Å². The molecule has 0 saturated carbocycles. The van der Waals surface area contributed by atoms with E-state index in [1.54, 1.807) is 11.3 Å². The number of aryl methyl sites for hydroxylation is 2. The zero-order valence-corrected chi connectivity index (χ0v) is 12.8. The molecule has 2 aromatic heterocycles. The third-order valence-corrected chi connectivity index (χ3v) is 4.89. The molecule has 0 saturated heterocycles. The van der Waals surface area contributed by atoms with Crippen molar-refractivity contribution in [3.05, 3.63) is 38.0 Å². The summed E-state index contributed by atoms with van der Waals surface area (Å²) in [6, 6.07) is 2.61. The SMILES string of the molecule is CCCNC(Cc1csc(C)n1)c1sccc1C. The predicted molar refractivity (Wildman–Crippen MR) is 80.6 cm³/mol. The van der Waals surface area contributed by atoms with E-state index in [1.165, 1.54) is 16.1 Å². The Bertz CT molecular complexity index is 487. The molecule has 0 radical (unpaired) electrons. The molecule has 1 unspecified atom stereocenters. The fraction of sp³-hybridized carbons (Fsp3) is 0.500. The molecule has 98 valence electrons. The third kappa shape index (κ3) is 3.40. The lowest BCUT2D eigenvalue weighted by Crippen LogP contribution is -2.24. The van der Waals surface area contributed by atoms with Gasteiger partial charge in [-0.25, -0.2) is 4.98 Å². The zero-order chi connectivity index (χ0) is 13.0. The summed E-state index contributed by atoms with van der Waals surface area (Å²) in [6.45, 7) is 7.53. The smallest absolute Gasteiger partial charge is 0.0897 e. The number of nitrogens with zero attached hydrogens (tertiary/aromatic N) is 1. The van der Waals surface area contributed by atoms with Crippen molar-refractivity contribution >= 4 is 22.7 Å². The van der Waals surface area contributed by atoms with Crippen molar-refractivity contribution in [1.82, 2.24) is 10.3 Å². The Kier molecular flexibility index (Phi) is 4.92. The van der Waals surface area contributed by atoms with Crippen molar-refractivity contribution in [1.29, 1.82) is 0 Å². The summed E-state index contributed by atoms with van der Waals surface area (Å²) in [6.07, 6.45) is 2.16. The van der Waals surface area contributed by atoms with E-state index in [4.69, 9.17) is 0 Å². The van der Waals surface area contributed by atoms with Gasteiger partial charge in [0.05, 0.1) is 10.7 Å². The largest absolute Gasteiger partial charge is 0.309 e. The van der Waals surface area contributed by atoms with Crippen LogP contribution in [0.4, 0.5) is 0 Å². The molecule has 0 aliphatic heterocycles. The average Bonchev–Trinajstić information content (AvgIpc) is 2.93. The Morgan fingerprint density at radius 1 is 1.33 bits per heavy atom. The van der Waals surface area contributed by atoms with Gasteiger partial charge in [-0.3, -0.25) is 0 Å². The Morgan fingerprint density at radius 3 is 2.72 bits per heavy atom. The number of aromatic nitrogens is 1. The highest BCUT2D eigenvalue weighted by Crippen LogP contribution is 2.27. The second-order valence-corrected chi connectivity index (χ2v) is 6.55. The zero-order valence-electron chi connectivity index (χ0n) is 11.2. The van der Waals surface area contributed by atoms with Crippen LogP contribution in [-0.4, -0.2) is 11.5 Å². The number of hydrogen-bond acceptors (Lipinski definition) is 4. The molecule has 0 aliphatic rings. The molecule has 2 aromatic rings. The molecular weight excluding hydrogens is 260 g/mol. The molecule has 2 nitrogen and oxygen atoms in total. The summed E-state index contributed by atoms with van der Waals surface area (Å²) in [7, 11) is 0. The van der Waals surface area contributed by atoms with Crippen LogP contribution >= 0.6 is 22.7 Å². The summed E-state index contributed by atoms with van der Waals surface area (Å²) in [5.41, 5.74) is 2.60. The number of nitrogens with one attached hydrogen (secondary N) is 1. The lowest BCUT2D eigenvalue weighted by atomic mass is 10.1. The maximum atomic E-state index is 4.58. The first-order valence-corrected chi connectivity index (χ1v) is 8.15. The van der Waals surface area contributed by atoms with E-state index in [1.807, 2.05) is 11.3 Å². The van der Waals surface area contributed by atoms with Crippen molar-refractivity contribution < 1.29 is 0 Å². The van der Waals surface area contributed by atoms with Crippen molar-refractivity contribution in [2.45, 2.75) is 39.7 Å². The molecule has 1 N–H and O–H groups in total. The van der Waals surface area contributed by atoms with Gasteiger partial charge < -0.3 is 5.32 Å². The van der Waals surface area contributed by atoms with Gasteiger partial charge in [-0.15, -0.1) is 22.7 Å². The lowest BCUT2D eigenvalue weighted by Gasteiger charge is -2.17. The molecule has 0 bridgehead atoms. The molecule has 4 heteroatoms. The fourth-order valence-electron chi connectivity index (χ4n) is 2.03. The monoisotopic (exact) mass is 280 g/mol. The molecule has 18 heavy (non-hydrogen) atoms. The van der Waals surface area contributed by atoms with E-state index in [2.05, 4.69) is 47.9 Å². The Labute approximate surface area is 117 Å². The predicted octanol–water partition coefficient (Wildman–Crippen LogP) is 4.10. The molecule has 2 heterocycles. The Morgan fingerprint density at radius 2 is 2.17 bits per heavy atom. The molecule has 0 spiro atoms. The quantitative estimate of drug-likeness (QED) is 0.861. The normalized spacial score (nSPS) is 12.8. The summed E-state index contributed by atoms with van der Waals surface area (Å²) in [5.74, 6) is 0. The van der Waals surface area contributed by atoms with Gasteiger partial charge in [-0.05, 0) is 43.8 Å². The summed E-state index contributed by atoms with van der Waals surface area (Å²) in [5, 5.41) is 9.16. The van der Waals surface area contributed by atoms with Crippen LogP contribution in [0.15, 0.2) is 16.8 Å². The summed E-state index contributed by atoms with van der Waals surface area (Å²) >= 11 is 3.58. The van der Waals surface area contributed by atoms with Crippen LogP contribution in [0.5, 0.6) is 0 Å². The van der Waals surface area contributed by atoms with Crippen LogP contribution in [-0.2, 0) is 6.42 Å². The van der Waals surface area contributed by atoms with Crippen molar-refractivity contribution in [3.63, 3.8) is 0 Å². The van der Waals surface area contributed by atoms with E-state index in [-0.39, 0.29) is 0 Å². The first kappa shape index (κ1) is 13.7. The van der Waals surface area contributed by atoms with Gasteiger partial charge in [0.1, 0.15) is 0 Å². The van der Waals surface area contributed by atoms with Gasteiger partial charge in [-0.1, -0.05) is 6.92 Å². The van der Waals surface area contributed by atoms with E-state index in [0.717, 1.165) is 24.4 Å². The summed E-state index contributed by atoms with van der Waals surface area (Å²) in [4.78, 5) is 6.03. The fourth-order valence-corrected chi connectivity index (χ4v) is 3.66.